The van der Waals surface area contributed by atoms with Crippen LogP contribution in [0.15, 0.2) is 18.2 Å². The van der Waals surface area contributed by atoms with Crippen LogP contribution >= 0.6 is 11.3 Å². The molecule has 1 saturated heterocycles. The van der Waals surface area contributed by atoms with Gasteiger partial charge in [0.2, 0.25) is 0 Å². The molecule has 1 aromatic heterocycles. The second kappa shape index (κ2) is 5.99. The molecule has 1 unspecified atom stereocenters. The van der Waals surface area contributed by atoms with E-state index in [2.05, 4.69) is 0 Å². The normalized spacial score (nSPS) is 19.2. The number of carboxylic acids is 1. The molecule has 2 N–H and O–H groups in total. The van der Waals surface area contributed by atoms with Crippen molar-refractivity contribution in [3.63, 3.8) is 0 Å². The first kappa shape index (κ1) is 13.8. The zero-order chi connectivity index (χ0) is 13.8. The van der Waals surface area contributed by atoms with Gasteiger partial charge in [-0.25, -0.2) is 4.79 Å². The number of amides is 1. The van der Waals surface area contributed by atoms with Gasteiger partial charge < -0.3 is 15.1 Å². The third-order valence-electron chi connectivity index (χ3n) is 3.08. The Balaban J connectivity index is 2.09. The zero-order valence-corrected chi connectivity index (χ0v) is 11.1. The summed E-state index contributed by atoms with van der Waals surface area (Å²) >= 11 is 1.26. The number of hydrogen-bond donors (Lipinski definition) is 2. The van der Waals surface area contributed by atoms with Crippen molar-refractivity contribution in [1.82, 2.24) is 4.90 Å². The topological polar surface area (TPSA) is 77.8 Å². The van der Waals surface area contributed by atoms with Crippen molar-refractivity contribution >= 4 is 29.3 Å². The highest BCUT2D eigenvalue weighted by Gasteiger charge is 2.29. The number of rotatable bonds is 4. The Morgan fingerprint density at radius 1 is 1.47 bits per heavy atom. The molecule has 0 radical (unpaired) electrons. The molecule has 0 aliphatic carbocycles. The number of carbonyl (C=O) groups is 2. The quantitative estimate of drug-likeness (QED) is 0.819. The van der Waals surface area contributed by atoms with Crippen molar-refractivity contribution in [2.24, 2.45) is 0 Å². The summed E-state index contributed by atoms with van der Waals surface area (Å²) in [5, 5.41) is 17.8. The van der Waals surface area contributed by atoms with Gasteiger partial charge in [0.25, 0.3) is 5.91 Å². The van der Waals surface area contributed by atoms with Crippen LogP contribution in [-0.2, 0) is 4.79 Å². The summed E-state index contributed by atoms with van der Waals surface area (Å²) in [5.74, 6) is -1.10. The Morgan fingerprint density at radius 2 is 2.26 bits per heavy atom. The maximum absolute atomic E-state index is 12.3. The maximum atomic E-state index is 12.3. The minimum absolute atomic E-state index is 0.0110. The number of hydrogen-bond acceptors (Lipinski definition) is 4. The minimum Gasteiger partial charge on any atom is -0.478 e. The van der Waals surface area contributed by atoms with E-state index in [4.69, 9.17) is 5.11 Å². The molecule has 1 atom stereocenters. The van der Waals surface area contributed by atoms with Crippen molar-refractivity contribution in [2.75, 3.05) is 13.2 Å². The lowest BCUT2D eigenvalue weighted by atomic mass is 10.2. The van der Waals surface area contributed by atoms with Crippen molar-refractivity contribution in [1.29, 1.82) is 0 Å². The van der Waals surface area contributed by atoms with Crippen LogP contribution in [0.5, 0.6) is 0 Å². The van der Waals surface area contributed by atoms with Gasteiger partial charge in [-0.1, -0.05) is 0 Å². The summed E-state index contributed by atoms with van der Waals surface area (Å²) in [7, 11) is 0. The highest BCUT2D eigenvalue weighted by molar-refractivity contribution is 7.14. The molecule has 1 aliphatic heterocycles. The molecule has 1 amide bonds. The molecular weight excluding hydrogens is 266 g/mol. The molecule has 0 aromatic carbocycles. The zero-order valence-electron chi connectivity index (χ0n) is 10.3. The lowest BCUT2D eigenvalue weighted by Gasteiger charge is -2.22. The molecule has 2 rings (SSSR count). The first-order valence-corrected chi connectivity index (χ1v) is 6.86. The lowest BCUT2D eigenvalue weighted by molar-refractivity contribution is -0.131. The average molecular weight is 281 g/mol. The molecule has 19 heavy (non-hydrogen) atoms. The second-order valence-electron chi connectivity index (χ2n) is 4.35. The average Bonchev–Trinajstić information content (AvgIpc) is 3.04. The molecule has 102 valence electrons. The third-order valence-corrected chi connectivity index (χ3v) is 4.11. The second-order valence-corrected chi connectivity index (χ2v) is 5.47. The Morgan fingerprint density at radius 3 is 2.95 bits per heavy atom. The molecule has 6 heteroatoms. The van der Waals surface area contributed by atoms with Crippen molar-refractivity contribution in [3.8, 4) is 0 Å². The predicted molar refractivity (Wildman–Crippen MR) is 72.1 cm³/mol. The first-order valence-electron chi connectivity index (χ1n) is 6.04. The number of nitrogens with zero attached hydrogens (tertiary/aromatic N) is 1. The first-order chi connectivity index (χ1) is 9.11. The predicted octanol–water partition coefficient (Wildman–Crippen LogP) is 1.44. The molecule has 1 aromatic rings. The Kier molecular flexibility index (Phi) is 4.34. The number of aliphatic hydroxyl groups excluding tert-OH is 1. The molecule has 1 fully saturated rings. The SMILES string of the molecule is O=C(O)/C=C/c1ccc(C(=O)N2CCCC2CO)s1. The summed E-state index contributed by atoms with van der Waals surface area (Å²) in [6, 6.07) is 3.33. The van der Waals surface area contributed by atoms with E-state index in [-0.39, 0.29) is 18.6 Å². The number of aliphatic hydroxyl groups is 1. The fraction of sp³-hybridized carbons (Fsp3) is 0.385. The Bertz CT molecular complexity index is 508. The summed E-state index contributed by atoms with van der Waals surface area (Å²) in [5.41, 5.74) is 0. The van der Waals surface area contributed by atoms with Gasteiger partial charge in [0.05, 0.1) is 17.5 Å². The molecule has 0 spiro atoms. The highest BCUT2D eigenvalue weighted by Crippen LogP contribution is 2.24. The van der Waals surface area contributed by atoms with Crippen molar-refractivity contribution in [2.45, 2.75) is 18.9 Å². The Hall–Kier alpha value is -1.66. The number of likely N-dealkylation sites (tertiary alicyclic amines) is 1. The van der Waals surface area contributed by atoms with Gasteiger partial charge in [0.15, 0.2) is 0 Å². The molecule has 0 bridgehead atoms. The standard InChI is InChI=1S/C13H15NO4S/c15-8-9-2-1-7-14(9)13(18)11-5-3-10(19-11)4-6-12(16)17/h3-6,9,15H,1-2,7-8H2,(H,16,17)/b6-4+. The third kappa shape index (κ3) is 3.21. The van der Waals surface area contributed by atoms with Gasteiger partial charge in [-0.3, -0.25) is 4.79 Å². The number of carboxylic acid groups (broad SMARTS) is 1. The van der Waals surface area contributed by atoms with Crippen LogP contribution in [0.2, 0.25) is 0 Å². The van der Waals surface area contributed by atoms with Gasteiger partial charge >= 0.3 is 5.97 Å². The molecule has 5 nitrogen and oxygen atoms in total. The number of carbonyl (C=O) groups excluding carboxylic acids is 1. The van der Waals surface area contributed by atoms with E-state index in [1.54, 1.807) is 17.0 Å². The molecule has 1 aliphatic rings. The van der Waals surface area contributed by atoms with Crippen LogP contribution < -0.4 is 0 Å². The van der Waals surface area contributed by atoms with E-state index < -0.39 is 5.97 Å². The summed E-state index contributed by atoms with van der Waals surface area (Å²) in [4.78, 5) is 25.7. The molecule has 0 saturated carbocycles. The van der Waals surface area contributed by atoms with Crippen LogP contribution in [0.1, 0.15) is 27.4 Å². The van der Waals surface area contributed by atoms with Crippen LogP contribution in [0, 0.1) is 0 Å². The van der Waals surface area contributed by atoms with Gasteiger partial charge in [0, 0.05) is 17.5 Å². The van der Waals surface area contributed by atoms with E-state index >= 15 is 0 Å². The number of aliphatic carboxylic acids is 1. The summed E-state index contributed by atoms with van der Waals surface area (Å²) < 4.78 is 0. The van der Waals surface area contributed by atoms with Crippen LogP contribution in [0.3, 0.4) is 0 Å². The smallest absolute Gasteiger partial charge is 0.328 e. The number of thiophene rings is 1. The van der Waals surface area contributed by atoms with Gasteiger partial charge in [-0.15, -0.1) is 11.3 Å². The van der Waals surface area contributed by atoms with Crippen LogP contribution in [0.25, 0.3) is 6.08 Å². The van der Waals surface area contributed by atoms with E-state index in [9.17, 15) is 14.7 Å². The summed E-state index contributed by atoms with van der Waals surface area (Å²) in [6.45, 7) is 0.658. The monoisotopic (exact) mass is 281 g/mol. The fourth-order valence-corrected chi connectivity index (χ4v) is 3.01. The minimum atomic E-state index is -1.01. The van der Waals surface area contributed by atoms with Crippen LogP contribution in [-0.4, -0.2) is 46.2 Å². The van der Waals surface area contributed by atoms with E-state index in [1.165, 1.54) is 17.4 Å². The molecular formula is C13H15NO4S. The maximum Gasteiger partial charge on any atom is 0.328 e. The van der Waals surface area contributed by atoms with Crippen molar-refractivity contribution < 1.29 is 19.8 Å². The van der Waals surface area contributed by atoms with E-state index in [0.717, 1.165) is 23.8 Å². The largest absolute Gasteiger partial charge is 0.478 e. The van der Waals surface area contributed by atoms with Crippen LogP contribution in [0.4, 0.5) is 0 Å². The van der Waals surface area contributed by atoms with E-state index in [0.29, 0.717) is 11.4 Å². The van der Waals surface area contributed by atoms with Crippen molar-refractivity contribution in [3.05, 3.63) is 28.0 Å². The van der Waals surface area contributed by atoms with Gasteiger partial charge in [-0.2, -0.15) is 0 Å². The fourth-order valence-electron chi connectivity index (χ4n) is 2.15. The van der Waals surface area contributed by atoms with Gasteiger partial charge in [-0.05, 0) is 31.1 Å². The Labute approximate surface area is 114 Å². The highest BCUT2D eigenvalue weighted by atomic mass is 32.1. The molecule has 2 heterocycles. The lowest BCUT2D eigenvalue weighted by Crippen LogP contribution is -2.37. The summed E-state index contributed by atoms with van der Waals surface area (Å²) in [6.07, 6.45) is 4.26. The van der Waals surface area contributed by atoms with E-state index in [1.807, 2.05) is 0 Å². The van der Waals surface area contributed by atoms with Gasteiger partial charge in [0.1, 0.15) is 0 Å².